The van der Waals surface area contributed by atoms with E-state index in [1.807, 2.05) is 0 Å². The second-order valence-electron chi connectivity index (χ2n) is 0.751. The summed E-state index contributed by atoms with van der Waals surface area (Å²) in [5.41, 5.74) is 0. The molecule has 0 spiro atoms. The van der Waals surface area contributed by atoms with Gasteiger partial charge in [-0.3, -0.25) is 0 Å². The first kappa shape index (κ1) is 10.5. The number of alkyl halides is 1. The maximum absolute atomic E-state index is 9.97. The molecule has 0 aliphatic heterocycles. The zero-order valence-corrected chi connectivity index (χ0v) is 7.12. The number of carbonyl (C=O) groups excluding carboxylic acids is 1. The van der Waals surface area contributed by atoms with Crippen molar-refractivity contribution in [2.24, 2.45) is 0 Å². The molecule has 4 heteroatoms. The van der Waals surface area contributed by atoms with Gasteiger partial charge in [0.25, 0.3) is 0 Å². The zero-order valence-electron chi connectivity index (χ0n) is 3.79. The van der Waals surface area contributed by atoms with Crippen LogP contribution in [-0.4, -0.2) is 18.3 Å². The van der Waals surface area contributed by atoms with Crippen LogP contribution in [0.4, 0.5) is 0 Å². The first-order valence-corrected chi connectivity index (χ1v) is 2.62. The molecule has 1 amide bonds. The molecule has 43 valence electrons. The molecule has 0 bridgehead atoms. The summed E-state index contributed by atoms with van der Waals surface area (Å²) >= 11 is 2.93. The Morgan fingerprint density at radius 1 is 1.86 bits per heavy atom. The summed E-state index contributed by atoms with van der Waals surface area (Å²) in [7, 11) is 1.48. The Bertz CT molecular complexity index is 52.9. The van der Waals surface area contributed by atoms with Crippen molar-refractivity contribution in [2.45, 2.75) is 0 Å². The number of hydrogen-bond donors (Lipinski definition) is 0. The molecule has 0 aromatic heterocycles. The van der Waals surface area contributed by atoms with Crippen molar-refractivity contribution in [3.8, 4) is 0 Å². The van der Waals surface area contributed by atoms with Crippen molar-refractivity contribution in [3.63, 3.8) is 0 Å². The van der Waals surface area contributed by atoms with E-state index in [4.69, 9.17) is 0 Å². The molecular formula is C3H5BrNORu. The maximum Gasteiger partial charge on any atom is 1.00 e. The van der Waals surface area contributed by atoms with Gasteiger partial charge in [-0.15, -0.1) is 7.05 Å². The maximum atomic E-state index is 9.97. The SMILES string of the molecule is C[N-]C(=O)CBr.[Ru+]. The van der Waals surface area contributed by atoms with Crippen molar-refractivity contribution >= 4 is 21.8 Å². The standard InChI is InChI=1S/C3H6BrNO.Ru/c1-5-3(6)2-4;/h2H2,1H3,(H,5,6);/q;+1/p-1. The minimum Gasteiger partial charge on any atom is -0.655 e. The van der Waals surface area contributed by atoms with Crippen molar-refractivity contribution < 1.29 is 24.3 Å². The topological polar surface area (TPSA) is 31.2 Å². The number of hydrogen-bond acceptors (Lipinski definition) is 1. The van der Waals surface area contributed by atoms with Gasteiger partial charge in [0.2, 0.25) is 0 Å². The average molecular weight is 252 g/mol. The van der Waals surface area contributed by atoms with E-state index in [-0.39, 0.29) is 25.4 Å². The molecule has 7 heavy (non-hydrogen) atoms. The van der Waals surface area contributed by atoms with Gasteiger partial charge in [0.1, 0.15) is 0 Å². The van der Waals surface area contributed by atoms with E-state index in [9.17, 15) is 4.79 Å². The fourth-order valence-corrected chi connectivity index (χ4v) is 0.311. The molecular weight excluding hydrogens is 247 g/mol. The third-order valence-corrected chi connectivity index (χ3v) is 0.843. The molecule has 0 atom stereocenters. The number of rotatable bonds is 1. The van der Waals surface area contributed by atoms with Gasteiger partial charge >= 0.3 is 19.5 Å². The van der Waals surface area contributed by atoms with E-state index in [0.29, 0.717) is 5.33 Å². The minimum absolute atomic E-state index is 0. The van der Waals surface area contributed by atoms with Gasteiger partial charge in [0.15, 0.2) is 0 Å². The monoisotopic (exact) mass is 252 g/mol. The van der Waals surface area contributed by atoms with Gasteiger partial charge in [0.05, 0.1) is 5.91 Å². The molecule has 1 radical (unpaired) electrons. The summed E-state index contributed by atoms with van der Waals surface area (Å²) in [4.78, 5) is 9.97. The fraction of sp³-hybridized carbons (Fsp3) is 0.667. The van der Waals surface area contributed by atoms with Crippen LogP contribution in [-0.2, 0) is 24.3 Å². The van der Waals surface area contributed by atoms with Crippen LogP contribution in [0.2, 0.25) is 0 Å². The van der Waals surface area contributed by atoms with Gasteiger partial charge < -0.3 is 10.1 Å². The summed E-state index contributed by atoms with van der Waals surface area (Å²) < 4.78 is 0. The summed E-state index contributed by atoms with van der Waals surface area (Å²) in [5, 5.41) is 3.66. The average Bonchev–Trinajstić information content (AvgIpc) is 1.65. The van der Waals surface area contributed by atoms with Crippen molar-refractivity contribution in [1.29, 1.82) is 0 Å². The van der Waals surface area contributed by atoms with Crippen molar-refractivity contribution in [3.05, 3.63) is 5.32 Å². The van der Waals surface area contributed by atoms with Crippen LogP contribution in [0.1, 0.15) is 0 Å². The van der Waals surface area contributed by atoms with Crippen LogP contribution < -0.4 is 0 Å². The summed E-state index contributed by atoms with van der Waals surface area (Å²) in [5.74, 6) is -0.116. The third-order valence-electron chi connectivity index (χ3n) is 0.364. The first-order chi connectivity index (χ1) is 2.81. The zero-order chi connectivity index (χ0) is 4.99. The Balaban J connectivity index is 0. The Labute approximate surface area is 63.9 Å². The van der Waals surface area contributed by atoms with Gasteiger partial charge in [-0.2, -0.15) is 0 Å². The predicted octanol–water partition coefficient (Wildman–Crippen LogP) is 0.909. The van der Waals surface area contributed by atoms with Gasteiger partial charge in [-0.1, -0.05) is 15.9 Å². The van der Waals surface area contributed by atoms with Crippen LogP contribution in [0.25, 0.3) is 5.32 Å². The number of carbonyl (C=O) groups is 1. The Hall–Kier alpha value is 0.573. The molecule has 0 saturated heterocycles. The van der Waals surface area contributed by atoms with E-state index < -0.39 is 0 Å². The van der Waals surface area contributed by atoms with E-state index in [1.165, 1.54) is 7.05 Å². The molecule has 0 aromatic rings. The number of amides is 1. The molecule has 0 rings (SSSR count). The summed E-state index contributed by atoms with van der Waals surface area (Å²) in [6.45, 7) is 0. The van der Waals surface area contributed by atoms with E-state index in [0.717, 1.165) is 0 Å². The molecule has 0 saturated carbocycles. The Morgan fingerprint density at radius 2 is 2.29 bits per heavy atom. The van der Waals surface area contributed by atoms with Gasteiger partial charge in [0, 0.05) is 5.33 Å². The molecule has 0 fully saturated rings. The van der Waals surface area contributed by atoms with Gasteiger partial charge in [-0.05, 0) is 0 Å². The number of nitrogens with zero attached hydrogens (tertiary/aromatic N) is 1. The number of halogens is 1. The Kier molecular flexibility index (Phi) is 9.89. The first-order valence-electron chi connectivity index (χ1n) is 1.50. The second-order valence-corrected chi connectivity index (χ2v) is 1.31. The van der Waals surface area contributed by atoms with E-state index >= 15 is 0 Å². The second kappa shape index (κ2) is 6.57. The third kappa shape index (κ3) is 6.57. The minimum atomic E-state index is -0.116. The normalized spacial score (nSPS) is 6.57. The quantitative estimate of drug-likeness (QED) is 0.504. The molecule has 0 aromatic carbocycles. The van der Waals surface area contributed by atoms with Gasteiger partial charge in [-0.25, -0.2) is 0 Å². The molecule has 0 aliphatic carbocycles. The van der Waals surface area contributed by atoms with E-state index in [1.54, 1.807) is 0 Å². The molecule has 2 nitrogen and oxygen atoms in total. The molecule has 0 aliphatic rings. The molecule has 0 N–H and O–H groups in total. The predicted molar refractivity (Wildman–Crippen MR) is 28.1 cm³/mol. The van der Waals surface area contributed by atoms with Crippen LogP contribution in [0.15, 0.2) is 0 Å². The van der Waals surface area contributed by atoms with Crippen molar-refractivity contribution in [2.75, 3.05) is 12.4 Å². The Morgan fingerprint density at radius 3 is 2.29 bits per heavy atom. The fourth-order valence-electron chi connectivity index (χ4n) is 0.0598. The molecule has 0 heterocycles. The largest absolute Gasteiger partial charge is 1.00 e. The van der Waals surface area contributed by atoms with Crippen LogP contribution in [0.5, 0.6) is 0 Å². The van der Waals surface area contributed by atoms with Crippen LogP contribution in [0, 0.1) is 0 Å². The molecule has 0 unspecified atom stereocenters. The smallest absolute Gasteiger partial charge is 0.655 e. The van der Waals surface area contributed by atoms with Crippen molar-refractivity contribution in [1.82, 2.24) is 0 Å². The van der Waals surface area contributed by atoms with Crippen LogP contribution >= 0.6 is 15.9 Å². The summed E-state index contributed by atoms with van der Waals surface area (Å²) in [6, 6.07) is 0. The summed E-state index contributed by atoms with van der Waals surface area (Å²) in [6.07, 6.45) is 0. The van der Waals surface area contributed by atoms with E-state index in [2.05, 4.69) is 21.2 Å². The van der Waals surface area contributed by atoms with Crippen LogP contribution in [0.3, 0.4) is 0 Å².